The summed E-state index contributed by atoms with van der Waals surface area (Å²) in [7, 11) is 0. The van der Waals surface area contributed by atoms with Gasteiger partial charge < -0.3 is 4.42 Å². The number of rotatable bonds is 0. The number of aryl methyl sites for hydroxylation is 2. The van der Waals surface area contributed by atoms with Crippen molar-refractivity contribution in [1.82, 2.24) is 0 Å². The molecule has 0 atom stereocenters. The van der Waals surface area contributed by atoms with Gasteiger partial charge in [0.25, 0.3) is 0 Å². The van der Waals surface area contributed by atoms with Crippen LogP contribution in [-0.2, 0) is 0 Å². The Morgan fingerprint density at radius 1 is 1.50 bits per heavy atom. The Kier molecular flexibility index (Phi) is 1.21. The summed E-state index contributed by atoms with van der Waals surface area (Å²) in [5, 5.41) is 0. The summed E-state index contributed by atoms with van der Waals surface area (Å²) in [5.74, 6) is 0.736. The molecular weight excluding hydrogens is 124 g/mol. The van der Waals surface area contributed by atoms with Crippen molar-refractivity contribution in [2.24, 2.45) is 0 Å². The topological polar surface area (TPSA) is 30.2 Å². The minimum absolute atomic E-state index is 0.208. The van der Waals surface area contributed by atoms with Crippen molar-refractivity contribution in [2.45, 2.75) is 13.8 Å². The largest absolute Gasteiger partial charge is 0.419 e. The van der Waals surface area contributed by atoms with E-state index in [0.717, 1.165) is 22.0 Å². The molecule has 0 N–H and O–H groups in total. The highest BCUT2D eigenvalue weighted by Crippen LogP contribution is 2.06. The molecule has 0 unspecified atom stereocenters. The van der Waals surface area contributed by atoms with Crippen molar-refractivity contribution in [2.75, 3.05) is 0 Å². The van der Waals surface area contributed by atoms with Gasteiger partial charge in [-0.1, -0.05) is 11.3 Å². The average Bonchev–Trinajstić information content (AvgIpc) is 1.85. The first kappa shape index (κ1) is 5.56. The van der Waals surface area contributed by atoms with E-state index in [-0.39, 0.29) is 4.94 Å². The standard InChI is InChI=1S/C5H6O2S/c1-3-4(2)8-5(6)7-3/h1-2H3. The van der Waals surface area contributed by atoms with Crippen LogP contribution >= 0.6 is 11.3 Å². The summed E-state index contributed by atoms with van der Waals surface area (Å²) in [4.78, 5) is 11.1. The summed E-state index contributed by atoms with van der Waals surface area (Å²) < 4.78 is 4.68. The van der Waals surface area contributed by atoms with Gasteiger partial charge in [-0.2, -0.15) is 0 Å². The van der Waals surface area contributed by atoms with Gasteiger partial charge in [-0.05, 0) is 13.8 Å². The predicted octanol–water partition coefficient (Wildman–Crippen LogP) is 1.32. The van der Waals surface area contributed by atoms with E-state index in [1.54, 1.807) is 6.92 Å². The molecule has 8 heavy (non-hydrogen) atoms. The fraction of sp³-hybridized carbons (Fsp3) is 0.400. The molecular formula is C5H6O2S. The molecule has 3 heteroatoms. The SMILES string of the molecule is Cc1oc(=O)sc1C. The highest BCUT2D eigenvalue weighted by Gasteiger charge is 1.97. The zero-order valence-electron chi connectivity index (χ0n) is 4.72. The van der Waals surface area contributed by atoms with Crippen LogP contribution in [0.4, 0.5) is 0 Å². The van der Waals surface area contributed by atoms with Gasteiger partial charge in [-0.15, -0.1) is 0 Å². The molecule has 0 saturated carbocycles. The molecule has 0 radical (unpaired) electrons. The molecule has 2 nitrogen and oxygen atoms in total. The average molecular weight is 130 g/mol. The van der Waals surface area contributed by atoms with Gasteiger partial charge in [-0.25, -0.2) is 4.79 Å². The van der Waals surface area contributed by atoms with Crippen molar-refractivity contribution in [3.63, 3.8) is 0 Å². The lowest BCUT2D eigenvalue weighted by Crippen LogP contribution is -1.80. The third-order valence-electron chi connectivity index (χ3n) is 0.969. The van der Waals surface area contributed by atoms with Crippen LogP contribution < -0.4 is 4.94 Å². The van der Waals surface area contributed by atoms with Crippen molar-refractivity contribution in [3.8, 4) is 0 Å². The van der Waals surface area contributed by atoms with Crippen molar-refractivity contribution < 1.29 is 4.42 Å². The predicted molar refractivity (Wildman–Crippen MR) is 32.3 cm³/mol. The lowest BCUT2D eigenvalue weighted by molar-refractivity contribution is 0.503. The molecule has 1 aromatic rings. The smallest absolute Gasteiger partial charge is 0.395 e. The summed E-state index contributed by atoms with van der Waals surface area (Å²) in [6.45, 7) is 3.65. The van der Waals surface area contributed by atoms with Gasteiger partial charge in [0.2, 0.25) is 0 Å². The van der Waals surface area contributed by atoms with Gasteiger partial charge in [0.15, 0.2) is 0 Å². The third kappa shape index (κ3) is 0.816. The summed E-state index contributed by atoms with van der Waals surface area (Å²) in [5.41, 5.74) is 0. The maximum atomic E-state index is 10.4. The molecule has 1 rings (SSSR count). The van der Waals surface area contributed by atoms with Crippen LogP contribution in [-0.4, -0.2) is 0 Å². The Labute approximate surface area is 50.8 Å². The van der Waals surface area contributed by atoms with E-state index in [1.165, 1.54) is 0 Å². The van der Waals surface area contributed by atoms with Crippen LogP contribution in [0.1, 0.15) is 10.6 Å². The van der Waals surface area contributed by atoms with E-state index in [1.807, 2.05) is 6.92 Å². The molecule has 0 amide bonds. The Morgan fingerprint density at radius 3 is 2.25 bits per heavy atom. The van der Waals surface area contributed by atoms with E-state index in [4.69, 9.17) is 0 Å². The van der Waals surface area contributed by atoms with Crippen LogP contribution in [0.25, 0.3) is 0 Å². The molecule has 0 aliphatic heterocycles. The summed E-state index contributed by atoms with van der Waals surface area (Å²) in [6.07, 6.45) is 0. The summed E-state index contributed by atoms with van der Waals surface area (Å²) >= 11 is 1.15. The molecule has 0 saturated heterocycles. The van der Waals surface area contributed by atoms with E-state index in [9.17, 15) is 4.79 Å². The number of hydrogen-bond acceptors (Lipinski definition) is 3. The Hall–Kier alpha value is -0.570. The zero-order chi connectivity index (χ0) is 6.15. The van der Waals surface area contributed by atoms with Crippen LogP contribution in [0, 0.1) is 13.8 Å². The van der Waals surface area contributed by atoms with Crippen LogP contribution in [0.2, 0.25) is 0 Å². The normalized spacial score (nSPS) is 9.75. The molecule has 0 aromatic carbocycles. The van der Waals surface area contributed by atoms with E-state index < -0.39 is 0 Å². The molecule has 44 valence electrons. The van der Waals surface area contributed by atoms with Gasteiger partial charge in [0.1, 0.15) is 5.76 Å². The first-order valence-corrected chi connectivity index (χ1v) is 3.09. The second-order valence-corrected chi connectivity index (χ2v) is 2.72. The first-order chi connectivity index (χ1) is 3.70. The van der Waals surface area contributed by atoms with Crippen molar-refractivity contribution in [1.29, 1.82) is 0 Å². The zero-order valence-corrected chi connectivity index (χ0v) is 5.54. The minimum Gasteiger partial charge on any atom is -0.419 e. The van der Waals surface area contributed by atoms with Gasteiger partial charge in [0.05, 0.1) is 0 Å². The first-order valence-electron chi connectivity index (χ1n) is 2.27. The van der Waals surface area contributed by atoms with Gasteiger partial charge >= 0.3 is 4.94 Å². The number of hydrogen-bond donors (Lipinski definition) is 0. The maximum absolute atomic E-state index is 10.4. The second-order valence-electron chi connectivity index (χ2n) is 1.57. The van der Waals surface area contributed by atoms with E-state index in [0.29, 0.717) is 0 Å². The van der Waals surface area contributed by atoms with Crippen LogP contribution in [0.3, 0.4) is 0 Å². The maximum Gasteiger partial charge on any atom is 0.395 e. The minimum atomic E-state index is -0.208. The molecule has 1 aromatic heterocycles. The highest BCUT2D eigenvalue weighted by molar-refractivity contribution is 7.09. The molecule has 0 fully saturated rings. The molecule has 0 aliphatic carbocycles. The van der Waals surface area contributed by atoms with Crippen LogP contribution in [0.5, 0.6) is 0 Å². The molecule has 1 heterocycles. The Morgan fingerprint density at radius 2 is 2.12 bits per heavy atom. The molecule has 0 spiro atoms. The van der Waals surface area contributed by atoms with Crippen LogP contribution in [0.15, 0.2) is 9.21 Å². The molecule has 0 aliphatic rings. The fourth-order valence-electron chi connectivity index (χ4n) is 0.415. The third-order valence-corrected chi connectivity index (χ3v) is 1.81. The highest BCUT2D eigenvalue weighted by atomic mass is 32.1. The lowest BCUT2D eigenvalue weighted by Gasteiger charge is -1.76. The quantitative estimate of drug-likeness (QED) is 0.530. The molecule has 0 bridgehead atoms. The van der Waals surface area contributed by atoms with Crippen molar-refractivity contribution >= 4 is 11.3 Å². The van der Waals surface area contributed by atoms with E-state index >= 15 is 0 Å². The fourth-order valence-corrected chi connectivity index (χ4v) is 1.02. The van der Waals surface area contributed by atoms with Gasteiger partial charge in [-0.3, -0.25) is 0 Å². The monoisotopic (exact) mass is 130 g/mol. The van der Waals surface area contributed by atoms with Crippen molar-refractivity contribution in [3.05, 3.63) is 20.4 Å². The summed E-state index contributed by atoms with van der Waals surface area (Å²) in [6, 6.07) is 0. The second kappa shape index (κ2) is 1.74. The lowest BCUT2D eigenvalue weighted by atomic mass is 10.5. The Bertz CT molecular complexity index is 210. The van der Waals surface area contributed by atoms with Gasteiger partial charge in [0, 0.05) is 4.88 Å². The Balaban J connectivity index is 3.35. The van der Waals surface area contributed by atoms with E-state index in [2.05, 4.69) is 4.42 Å².